The molecule has 0 saturated carbocycles. The first kappa shape index (κ1) is 16.4. The molecule has 1 atom stereocenters. The molecule has 0 radical (unpaired) electrons. The standard InChI is InChI=1S/C10H12N2O6S2/c1-8-4-2-3-5-10(8)20-19-7-9(18-12(15)16)6-17-11(13)14/h2-5,9H,6-7H2,1H3. The van der Waals surface area contributed by atoms with Crippen molar-refractivity contribution in [2.24, 2.45) is 0 Å². The lowest BCUT2D eigenvalue weighted by Crippen LogP contribution is -2.26. The van der Waals surface area contributed by atoms with Crippen molar-refractivity contribution >= 4 is 21.6 Å². The van der Waals surface area contributed by atoms with Crippen LogP contribution in [0.25, 0.3) is 0 Å². The molecule has 1 unspecified atom stereocenters. The summed E-state index contributed by atoms with van der Waals surface area (Å²) in [4.78, 5) is 29.8. The molecule has 0 bridgehead atoms. The van der Waals surface area contributed by atoms with Crippen LogP contribution in [0.2, 0.25) is 0 Å². The molecule has 1 aromatic carbocycles. The quantitative estimate of drug-likeness (QED) is 0.388. The number of hydrogen-bond acceptors (Lipinski definition) is 8. The number of rotatable bonds is 9. The number of hydrogen-bond donors (Lipinski definition) is 0. The van der Waals surface area contributed by atoms with Crippen molar-refractivity contribution in [1.29, 1.82) is 0 Å². The maximum atomic E-state index is 10.3. The first-order chi connectivity index (χ1) is 9.49. The van der Waals surface area contributed by atoms with E-state index in [4.69, 9.17) is 0 Å². The Balaban J connectivity index is 2.43. The van der Waals surface area contributed by atoms with Crippen LogP contribution >= 0.6 is 21.6 Å². The molecule has 0 aliphatic carbocycles. The van der Waals surface area contributed by atoms with Gasteiger partial charge in [0.05, 0.1) is 0 Å². The van der Waals surface area contributed by atoms with Crippen molar-refractivity contribution in [3.05, 3.63) is 50.1 Å². The first-order valence-electron chi connectivity index (χ1n) is 5.42. The van der Waals surface area contributed by atoms with Gasteiger partial charge in [-0.2, -0.15) is 0 Å². The Morgan fingerprint density at radius 3 is 2.55 bits per heavy atom. The Kier molecular flexibility index (Phi) is 6.94. The molecule has 0 heterocycles. The van der Waals surface area contributed by atoms with Crippen molar-refractivity contribution in [1.82, 2.24) is 0 Å². The average molecular weight is 320 g/mol. The zero-order chi connectivity index (χ0) is 15.0. The molecule has 0 saturated heterocycles. The number of aryl methyl sites for hydroxylation is 1. The summed E-state index contributed by atoms with van der Waals surface area (Å²) in [7, 11) is 2.73. The van der Waals surface area contributed by atoms with Crippen molar-refractivity contribution in [3.63, 3.8) is 0 Å². The fourth-order valence-electron chi connectivity index (χ4n) is 1.20. The summed E-state index contributed by atoms with van der Waals surface area (Å²) in [5.74, 6) is 0.188. The van der Waals surface area contributed by atoms with E-state index >= 15 is 0 Å². The summed E-state index contributed by atoms with van der Waals surface area (Å²) in [6.45, 7) is 1.47. The van der Waals surface area contributed by atoms with Crippen LogP contribution in [0.15, 0.2) is 29.2 Å². The summed E-state index contributed by atoms with van der Waals surface area (Å²) >= 11 is 0. The molecule has 0 aliphatic heterocycles. The number of benzene rings is 1. The Morgan fingerprint density at radius 1 is 1.25 bits per heavy atom. The van der Waals surface area contributed by atoms with E-state index in [0.29, 0.717) is 0 Å². The Bertz CT molecular complexity index is 473. The third-order valence-electron chi connectivity index (χ3n) is 2.10. The molecule has 1 aromatic rings. The molecule has 10 heteroatoms. The summed E-state index contributed by atoms with van der Waals surface area (Å²) in [6, 6.07) is 7.66. The minimum absolute atomic E-state index is 0.188. The third kappa shape index (κ3) is 6.48. The Hall–Kier alpha value is -1.68. The van der Waals surface area contributed by atoms with Crippen LogP contribution in [0, 0.1) is 27.2 Å². The van der Waals surface area contributed by atoms with E-state index in [0.717, 1.165) is 10.5 Å². The molecule has 8 nitrogen and oxygen atoms in total. The van der Waals surface area contributed by atoms with Crippen LogP contribution in [-0.4, -0.2) is 28.6 Å². The van der Waals surface area contributed by atoms with Gasteiger partial charge >= 0.3 is 0 Å². The van der Waals surface area contributed by atoms with Gasteiger partial charge < -0.3 is 9.68 Å². The monoisotopic (exact) mass is 320 g/mol. The van der Waals surface area contributed by atoms with E-state index in [9.17, 15) is 20.2 Å². The summed E-state index contributed by atoms with van der Waals surface area (Å²) < 4.78 is 0. The van der Waals surface area contributed by atoms with Crippen LogP contribution in [0.4, 0.5) is 0 Å². The maximum absolute atomic E-state index is 10.3. The highest BCUT2D eigenvalue weighted by atomic mass is 33.1. The third-order valence-corrected chi connectivity index (χ3v) is 4.66. The van der Waals surface area contributed by atoms with Gasteiger partial charge in [-0.05, 0) is 18.6 Å². The molecule has 0 fully saturated rings. The van der Waals surface area contributed by atoms with Crippen molar-refractivity contribution < 1.29 is 19.8 Å². The molecule has 0 amide bonds. The van der Waals surface area contributed by atoms with Crippen LogP contribution < -0.4 is 0 Å². The molecule has 1 rings (SSSR count). The lowest BCUT2D eigenvalue weighted by atomic mass is 10.2. The Morgan fingerprint density at radius 2 is 1.95 bits per heavy atom. The molecular formula is C10H12N2O6S2. The minimum atomic E-state index is -1.00. The van der Waals surface area contributed by atoms with E-state index in [-0.39, 0.29) is 5.75 Å². The molecule has 0 aliphatic rings. The van der Waals surface area contributed by atoms with Gasteiger partial charge in [-0.25, -0.2) is 0 Å². The molecular weight excluding hydrogens is 308 g/mol. The second-order valence-corrected chi connectivity index (χ2v) is 5.99. The topological polar surface area (TPSA) is 105 Å². The van der Waals surface area contributed by atoms with Gasteiger partial charge in [-0.1, -0.05) is 39.8 Å². The molecule has 110 valence electrons. The van der Waals surface area contributed by atoms with Crippen molar-refractivity contribution in [2.75, 3.05) is 12.4 Å². The predicted molar refractivity (Wildman–Crippen MR) is 74.3 cm³/mol. The smallest absolute Gasteiger partial charge is 0.294 e. The first-order valence-corrected chi connectivity index (χ1v) is 7.74. The minimum Gasteiger partial charge on any atom is -0.312 e. The van der Waals surface area contributed by atoms with E-state index in [1.165, 1.54) is 21.6 Å². The van der Waals surface area contributed by atoms with Gasteiger partial charge in [0.2, 0.25) is 0 Å². The highest BCUT2D eigenvalue weighted by Crippen LogP contribution is 2.33. The van der Waals surface area contributed by atoms with Gasteiger partial charge in [0, 0.05) is 10.6 Å². The van der Waals surface area contributed by atoms with Crippen LogP contribution in [0.3, 0.4) is 0 Å². The van der Waals surface area contributed by atoms with E-state index < -0.39 is 22.9 Å². The fourth-order valence-corrected chi connectivity index (χ4v) is 3.64. The zero-order valence-corrected chi connectivity index (χ0v) is 12.1. The zero-order valence-electron chi connectivity index (χ0n) is 10.5. The Labute approximate surface area is 122 Å². The summed E-state index contributed by atoms with van der Waals surface area (Å²) in [5, 5.41) is 18.4. The fraction of sp³-hybridized carbons (Fsp3) is 0.400. The average Bonchev–Trinajstić information content (AvgIpc) is 2.37. The second kappa shape index (κ2) is 8.48. The maximum Gasteiger partial charge on any atom is 0.294 e. The van der Waals surface area contributed by atoms with Crippen LogP contribution in [0.1, 0.15) is 5.56 Å². The van der Waals surface area contributed by atoms with E-state index in [2.05, 4.69) is 9.68 Å². The van der Waals surface area contributed by atoms with Gasteiger partial charge in [0.15, 0.2) is 0 Å². The molecule has 0 aromatic heterocycles. The highest BCUT2D eigenvalue weighted by molar-refractivity contribution is 8.76. The summed E-state index contributed by atoms with van der Waals surface area (Å²) in [6.07, 6.45) is -0.989. The highest BCUT2D eigenvalue weighted by Gasteiger charge is 2.16. The predicted octanol–water partition coefficient (Wildman–Crippen LogP) is 2.52. The lowest BCUT2D eigenvalue weighted by Gasteiger charge is -2.13. The van der Waals surface area contributed by atoms with Crippen LogP contribution in [0.5, 0.6) is 0 Å². The van der Waals surface area contributed by atoms with Crippen molar-refractivity contribution in [3.8, 4) is 0 Å². The van der Waals surface area contributed by atoms with Crippen molar-refractivity contribution in [2.45, 2.75) is 17.9 Å². The lowest BCUT2D eigenvalue weighted by molar-refractivity contribution is -0.788. The normalized spacial score (nSPS) is 11.7. The van der Waals surface area contributed by atoms with Gasteiger partial charge in [-0.3, -0.25) is 0 Å². The second-order valence-electron chi connectivity index (χ2n) is 3.60. The van der Waals surface area contributed by atoms with Gasteiger partial charge in [0.25, 0.3) is 10.2 Å². The molecule has 20 heavy (non-hydrogen) atoms. The van der Waals surface area contributed by atoms with E-state index in [1.54, 1.807) is 0 Å². The molecule has 0 spiro atoms. The number of nitrogens with zero attached hydrogens (tertiary/aromatic N) is 2. The SMILES string of the molecule is Cc1ccccc1SSCC(CO[N+](=O)[O-])O[N+](=O)[O-]. The summed E-state index contributed by atoms with van der Waals surface area (Å²) in [5.41, 5.74) is 1.08. The van der Waals surface area contributed by atoms with E-state index in [1.807, 2.05) is 31.2 Å². The van der Waals surface area contributed by atoms with Gasteiger partial charge in [0.1, 0.15) is 12.7 Å². The largest absolute Gasteiger partial charge is 0.312 e. The van der Waals surface area contributed by atoms with Crippen LogP contribution in [-0.2, 0) is 9.68 Å². The van der Waals surface area contributed by atoms with Gasteiger partial charge in [-0.15, -0.1) is 20.2 Å². The molecule has 0 N–H and O–H groups in total.